The second-order valence-electron chi connectivity index (χ2n) is 5.85. The standard InChI is InChI=1S/C15H18F3N3O/c1-14(2)12(10-6-4-3-5-7-10)11(8-9-15(16,17)18)20-21(14)13(19)22/h3-7,12H,8-9H2,1-2H3,(H2,19,22). The molecule has 2 amide bonds. The van der Waals surface area contributed by atoms with Crippen molar-refractivity contribution in [2.75, 3.05) is 0 Å². The van der Waals surface area contributed by atoms with Gasteiger partial charge < -0.3 is 5.73 Å². The summed E-state index contributed by atoms with van der Waals surface area (Å²) < 4.78 is 37.6. The van der Waals surface area contributed by atoms with Gasteiger partial charge in [0.25, 0.3) is 0 Å². The minimum atomic E-state index is -4.27. The summed E-state index contributed by atoms with van der Waals surface area (Å²) in [5, 5.41) is 5.16. The van der Waals surface area contributed by atoms with Crippen molar-refractivity contribution in [3.63, 3.8) is 0 Å². The Bertz CT molecular complexity index is 581. The number of carbonyl (C=O) groups is 1. The van der Waals surface area contributed by atoms with Crippen molar-refractivity contribution in [2.45, 2.75) is 44.3 Å². The Morgan fingerprint density at radius 1 is 1.32 bits per heavy atom. The molecule has 120 valence electrons. The van der Waals surface area contributed by atoms with Gasteiger partial charge in [0, 0.05) is 18.1 Å². The van der Waals surface area contributed by atoms with Crippen LogP contribution in [0.3, 0.4) is 0 Å². The van der Waals surface area contributed by atoms with Gasteiger partial charge >= 0.3 is 12.2 Å². The van der Waals surface area contributed by atoms with Crippen molar-refractivity contribution in [1.29, 1.82) is 0 Å². The Morgan fingerprint density at radius 2 is 1.91 bits per heavy atom. The average molecular weight is 313 g/mol. The average Bonchev–Trinajstić information content (AvgIpc) is 2.67. The molecule has 0 saturated carbocycles. The van der Waals surface area contributed by atoms with Crippen LogP contribution in [0.2, 0.25) is 0 Å². The fourth-order valence-electron chi connectivity index (χ4n) is 2.89. The highest BCUT2D eigenvalue weighted by atomic mass is 19.4. The molecule has 0 bridgehead atoms. The minimum absolute atomic E-state index is 0.254. The number of amides is 2. The van der Waals surface area contributed by atoms with Crippen LogP contribution < -0.4 is 5.73 Å². The number of nitrogens with zero attached hydrogens (tertiary/aromatic N) is 2. The summed E-state index contributed by atoms with van der Waals surface area (Å²) in [5.41, 5.74) is 5.65. The number of rotatable bonds is 3. The van der Waals surface area contributed by atoms with Gasteiger partial charge in [-0.2, -0.15) is 18.3 Å². The molecule has 0 aromatic heterocycles. The van der Waals surface area contributed by atoms with E-state index in [0.717, 1.165) is 10.6 Å². The van der Waals surface area contributed by atoms with Crippen molar-refractivity contribution in [1.82, 2.24) is 5.01 Å². The first-order chi connectivity index (χ1) is 10.1. The highest BCUT2D eigenvalue weighted by Gasteiger charge is 2.47. The molecule has 1 heterocycles. The highest BCUT2D eigenvalue weighted by molar-refractivity contribution is 5.96. The zero-order chi connectivity index (χ0) is 16.5. The molecule has 1 atom stereocenters. The van der Waals surface area contributed by atoms with Gasteiger partial charge in [-0.1, -0.05) is 30.3 Å². The summed E-state index contributed by atoms with van der Waals surface area (Å²) >= 11 is 0. The molecule has 1 aliphatic rings. The molecule has 2 N–H and O–H groups in total. The smallest absolute Gasteiger partial charge is 0.350 e. The normalized spacial score (nSPS) is 20.9. The van der Waals surface area contributed by atoms with Crippen molar-refractivity contribution in [2.24, 2.45) is 10.8 Å². The van der Waals surface area contributed by atoms with Gasteiger partial charge in [0.15, 0.2) is 0 Å². The van der Waals surface area contributed by atoms with Crippen LogP contribution in [0.1, 0.15) is 38.2 Å². The fourth-order valence-corrected chi connectivity index (χ4v) is 2.89. The van der Waals surface area contributed by atoms with Crippen LogP contribution in [-0.2, 0) is 0 Å². The van der Waals surface area contributed by atoms with Crippen LogP contribution >= 0.6 is 0 Å². The van der Waals surface area contributed by atoms with Gasteiger partial charge in [0.2, 0.25) is 0 Å². The molecule has 0 saturated heterocycles. The van der Waals surface area contributed by atoms with Crippen molar-refractivity contribution in [3.8, 4) is 0 Å². The molecule has 2 rings (SSSR count). The van der Waals surface area contributed by atoms with Crippen LogP contribution in [0.25, 0.3) is 0 Å². The van der Waals surface area contributed by atoms with Gasteiger partial charge in [-0.15, -0.1) is 0 Å². The van der Waals surface area contributed by atoms with Crippen LogP contribution in [-0.4, -0.2) is 28.5 Å². The summed E-state index contributed by atoms with van der Waals surface area (Å²) in [6.07, 6.45) is -5.50. The number of benzene rings is 1. The van der Waals surface area contributed by atoms with Gasteiger partial charge in [0.05, 0.1) is 5.54 Å². The molecule has 7 heteroatoms. The summed E-state index contributed by atoms with van der Waals surface area (Å²) in [4.78, 5) is 11.6. The van der Waals surface area contributed by atoms with Crippen LogP contribution in [0.15, 0.2) is 35.4 Å². The molecular formula is C15H18F3N3O. The molecular weight excluding hydrogens is 295 g/mol. The molecule has 0 fully saturated rings. The lowest BCUT2D eigenvalue weighted by Crippen LogP contribution is -2.47. The van der Waals surface area contributed by atoms with Crippen molar-refractivity contribution >= 4 is 11.7 Å². The summed E-state index contributed by atoms with van der Waals surface area (Å²) in [7, 11) is 0. The van der Waals surface area contributed by atoms with Gasteiger partial charge in [-0.25, -0.2) is 9.80 Å². The van der Waals surface area contributed by atoms with E-state index in [1.807, 2.05) is 18.2 Å². The number of urea groups is 1. The zero-order valence-corrected chi connectivity index (χ0v) is 12.4. The van der Waals surface area contributed by atoms with Crippen LogP contribution in [0, 0.1) is 0 Å². The molecule has 1 aliphatic heterocycles. The number of hydrogen-bond acceptors (Lipinski definition) is 2. The SMILES string of the molecule is CC1(C)C(c2ccccc2)C(CCC(F)(F)F)=NN1C(N)=O. The first-order valence-electron chi connectivity index (χ1n) is 6.91. The Hall–Kier alpha value is -2.05. The Labute approximate surface area is 126 Å². The predicted octanol–water partition coefficient (Wildman–Crippen LogP) is 3.64. The number of hydrogen-bond donors (Lipinski definition) is 1. The summed E-state index contributed by atoms with van der Waals surface area (Å²) in [6.45, 7) is 3.50. The fraction of sp³-hybridized carbons (Fsp3) is 0.467. The maximum Gasteiger partial charge on any atom is 0.389 e. The second kappa shape index (κ2) is 5.62. The maximum atomic E-state index is 12.5. The van der Waals surface area contributed by atoms with Crippen molar-refractivity contribution in [3.05, 3.63) is 35.9 Å². The lowest BCUT2D eigenvalue weighted by atomic mass is 9.78. The largest absolute Gasteiger partial charge is 0.389 e. The monoisotopic (exact) mass is 313 g/mol. The highest BCUT2D eigenvalue weighted by Crippen LogP contribution is 2.41. The topological polar surface area (TPSA) is 58.7 Å². The number of carbonyl (C=O) groups excluding carboxylic acids is 1. The molecule has 22 heavy (non-hydrogen) atoms. The first kappa shape index (κ1) is 16.3. The third-order valence-electron chi connectivity index (χ3n) is 3.82. The van der Waals surface area contributed by atoms with E-state index in [4.69, 9.17) is 5.73 Å². The predicted molar refractivity (Wildman–Crippen MR) is 77.4 cm³/mol. The third kappa shape index (κ3) is 3.23. The Morgan fingerprint density at radius 3 is 2.41 bits per heavy atom. The Balaban J connectivity index is 2.37. The molecule has 1 unspecified atom stereocenters. The molecule has 4 nitrogen and oxygen atoms in total. The van der Waals surface area contributed by atoms with Gasteiger partial charge in [-0.05, 0) is 25.8 Å². The number of hydrazone groups is 1. The lowest BCUT2D eigenvalue weighted by Gasteiger charge is -2.33. The van der Waals surface area contributed by atoms with Crippen molar-refractivity contribution < 1.29 is 18.0 Å². The molecule has 1 aromatic carbocycles. The van der Waals surface area contributed by atoms with Crippen LogP contribution in [0.4, 0.5) is 18.0 Å². The van der Waals surface area contributed by atoms with E-state index in [1.165, 1.54) is 0 Å². The third-order valence-corrected chi connectivity index (χ3v) is 3.82. The van der Waals surface area contributed by atoms with E-state index in [1.54, 1.807) is 26.0 Å². The Kier molecular flexibility index (Phi) is 4.17. The number of alkyl halides is 3. The number of nitrogens with two attached hydrogens (primary N) is 1. The van der Waals surface area contributed by atoms with E-state index in [2.05, 4.69) is 5.10 Å². The first-order valence-corrected chi connectivity index (χ1v) is 6.91. The van der Waals surface area contributed by atoms with E-state index < -0.39 is 30.1 Å². The molecule has 0 radical (unpaired) electrons. The van der Waals surface area contributed by atoms with Gasteiger partial charge in [-0.3, -0.25) is 0 Å². The van der Waals surface area contributed by atoms with E-state index in [-0.39, 0.29) is 6.42 Å². The molecule has 0 aliphatic carbocycles. The summed E-state index contributed by atoms with van der Waals surface area (Å²) in [6, 6.07) is 8.30. The number of primary amides is 1. The minimum Gasteiger partial charge on any atom is -0.350 e. The van der Waals surface area contributed by atoms with Gasteiger partial charge in [0.1, 0.15) is 0 Å². The molecule has 0 spiro atoms. The van der Waals surface area contributed by atoms with E-state index >= 15 is 0 Å². The summed E-state index contributed by atoms with van der Waals surface area (Å²) in [5.74, 6) is -0.413. The maximum absolute atomic E-state index is 12.5. The lowest BCUT2D eigenvalue weighted by molar-refractivity contribution is -0.132. The molecule has 1 aromatic rings. The van der Waals surface area contributed by atoms with E-state index in [9.17, 15) is 18.0 Å². The number of halogens is 3. The van der Waals surface area contributed by atoms with E-state index in [0.29, 0.717) is 5.71 Å². The quantitative estimate of drug-likeness (QED) is 0.910. The van der Waals surface area contributed by atoms with Crippen LogP contribution in [0.5, 0.6) is 0 Å². The second-order valence-corrected chi connectivity index (χ2v) is 5.85. The zero-order valence-electron chi connectivity index (χ0n) is 12.4.